The van der Waals surface area contributed by atoms with E-state index in [2.05, 4.69) is 67.8 Å². The Kier molecular flexibility index (Phi) is 68.4. The monoisotopic (exact) mass is 1140 g/mol. The van der Waals surface area contributed by atoms with E-state index in [0.29, 0.717) is 25.9 Å². The summed E-state index contributed by atoms with van der Waals surface area (Å²) in [6.45, 7) is 4.86. The van der Waals surface area contributed by atoms with Crippen molar-refractivity contribution in [1.29, 1.82) is 0 Å². The van der Waals surface area contributed by atoms with Crippen LogP contribution in [0.1, 0.15) is 393 Å². The molecule has 1 amide bonds. The quantitative estimate of drug-likeness (QED) is 0.0320. The number of hydrogen-bond donors (Lipinski definition) is 3. The molecule has 0 aliphatic carbocycles. The first kappa shape index (κ1) is 78.8. The summed E-state index contributed by atoms with van der Waals surface area (Å²) in [6, 6.07) is -0.548. The Morgan fingerprint density at radius 2 is 0.617 bits per heavy atom. The number of allylic oxidation sites excluding steroid dienone is 7. The molecule has 6 nitrogen and oxygen atoms in total. The van der Waals surface area contributed by atoms with E-state index in [1.807, 2.05) is 0 Å². The molecule has 0 aromatic carbocycles. The van der Waals surface area contributed by atoms with Crippen LogP contribution >= 0.6 is 0 Å². The number of aliphatic hydroxyl groups is 2. The summed E-state index contributed by atoms with van der Waals surface area (Å²) in [5, 5.41) is 23.5. The number of aliphatic hydroxyl groups excluding tert-OH is 2. The minimum Gasteiger partial charge on any atom is -0.465 e. The van der Waals surface area contributed by atoms with Crippen LogP contribution in [0, 0.1) is 0 Å². The molecule has 0 fully saturated rings. The van der Waals surface area contributed by atoms with Crippen molar-refractivity contribution in [2.24, 2.45) is 0 Å². The van der Waals surface area contributed by atoms with Crippen molar-refractivity contribution >= 4 is 11.9 Å². The fraction of sp³-hybridized carbons (Fsp3) is 0.867. The number of carbonyl (C=O) groups excluding carboxylic acids is 2. The van der Waals surface area contributed by atoms with Crippen LogP contribution in [0.15, 0.2) is 48.6 Å². The van der Waals surface area contributed by atoms with Crippen LogP contribution in [0.4, 0.5) is 0 Å². The zero-order valence-electron chi connectivity index (χ0n) is 54.5. The molecule has 476 valence electrons. The SMILES string of the molecule is CCCCCC/C=C\C/C=C\CCCCCCCCCC(=O)OCC/C=C\C/C=C\CCCCCCCCCCCCCCCCC(=O)NC(CO)C(O)CCCCCCCCCCCCCCCCCCCCCCCCCCC. The Morgan fingerprint density at radius 3 is 0.951 bits per heavy atom. The molecule has 0 saturated carbocycles. The van der Waals surface area contributed by atoms with Crippen molar-refractivity contribution in [3.63, 3.8) is 0 Å². The van der Waals surface area contributed by atoms with E-state index >= 15 is 0 Å². The summed E-state index contributed by atoms with van der Waals surface area (Å²) >= 11 is 0. The van der Waals surface area contributed by atoms with Crippen LogP contribution in [0.2, 0.25) is 0 Å². The fourth-order valence-electron chi connectivity index (χ4n) is 11.3. The third-order valence-electron chi connectivity index (χ3n) is 16.9. The second-order valence-electron chi connectivity index (χ2n) is 24.9. The lowest BCUT2D eigenvalue weighted by molar-refractivity contribution is -0.143. The third kappa shape index (κ3) is 66.8. The Bertz CT molecular complexity index is 1360. The Hall–Kier alpha value is -2.18. The highest BCUT2D eigenvalue weighted by Gasteiger charge is 2.20. The van der Waals surface area contributed by atoms with Gasteiger partial charge < -0.3 is 20.3 Å². The second kappa shape index (κ2) is 70.3. The lowest BCUT2D eigenvalue weighted by Crippen LogP contribution is -2.45. The summed E-state index contributed by atoms with van der Waals surface area (Å²) in [4.78, 5) is 24.6. The van der Waals surface area contributed by atoms with Gasteiger partial charge in [0.05, 0.1) is 25.4 Å². The van der Waals surface area contributed by atoms with Gasteiger partial charge in [0.2, 0.25) is 5.91 Å². The maximum absolute atomic E-state index is 12.6. The normalized spacial score (nSPS) is 12.8. The van der Waals surface area contributed by atoms with Crippen molar-refractivity contribution in [2.45, 2.75) is 405 Å². The van der Waals surface area contributed by atoms with Gasteiger partial charge in [0.25, 0.3) is 0 Å². The standard InChI is InChI=1S/C75H141NO5/c1-3-5-7-9-11-13-15-17-19-21-23-24-25-26-27-29-32-35-39-43-47-51-55-59-63-67-73(78)72(71-77)76-74(79)68-64-60-56-52-48-44-40-36-33-30-28-31-34-38-42-46-50-54-58-62-66-70-81-75(80)69-65-61-57-53-49-45-41-37-22-20-18-16-14-12-10-8-6-4-2/h14,16,20,22,46,50,58,62,72-73,77-78H,3-13,15,17-19,21,23-45,47-49,51-57,59-61,63-71H2,1-2H3,(H,76,79)/b16-14-,22-20-,50-46-,62-58-. The van der Waals surface area contributed by atoms with Gasteiger partial charge in [0.15, 0.2) is 0 Å². The number of carbonyl (C=O) groups is 2. The van der Waals surface area contributed by atoms with Gasteiger partial charge in [-0.1, -0.05) is 351 Å². The number of nitrogens with one attached hydrogen (secondary N) is 1. The van der Waals surface area contributed by atoms with Crippen LogP contribution in [0.25, 0.3) is 0 Å². The summed E-state index contributed by atoms with van der Waals surface area (Å²) in [7, 11) is 0. The molecule has 0 aliphatic heterocycles. The van der Waals surface area contributed by atoms with Crippen LogP contribution in [-0.2, 0) is 14.3 Å². The first-order valence-electron chi connectivity index (χ1n) is 36.4. The summed E-state index contributed by atoms with van der Waals surface area (Å²) < 4.78 is 5.43. The molecule has 2 atom stereocenters. The average Bonchev–Trinajstić information content (AvgIpc) is 3.47. The lowest BCUT2D eigenvalue weighted by Gasteiger charge is -2.22. The van der Waals surface area contributed by atoms with Gasteiger partial charge in [-0.25, -0.2) is 0 Å². The van der Waals surface area contributed by atoms with E-state index in [1.165, 1.54) is 302 Å². The molecule has 0 aromatic rings. The van der Waals surface area contributed by atoms with E-state index < -0.39 is 12.1 Å². The topological polar surface area (TPSA) is 95.9 Å². The van der Waals surface area contributed by atoms with E-state index in [-0.39, 0.29) is 18.5 Å². The highest BCUT2D eigenvalue weighted by Crippen LogP contribution is 2.19. The number of hydrogen-bond acceptors (Lipinski definition) is 5. The predicted molar refractivity (Wildman–Crippen MR) is 356 cm³/mol. The maximum Gasteiger partial charge on any atom is 0.305 e. The van der Waals surface area contributed by atoms with Gasteiger partial charge in [-0.2, -0.15) is 0 Å². The zero-order chi connectivity index (χ0) is 58.5. The molecule has 0 aromatic heterocycles. The first-order valence-corrected chi connectivity index (χ1v) is 36.4. The molecule has 6 heteroatoms. The largest absolute Gasteiger partial charge is 0.465 e. The number of ether oxygens (including phenoxy) is 1. The van der Waals surface area contributed by atoms with Gasteiger partial charge in [0.1, 0.15) is 0 Å². The molecule has 0 bridgehead atoms. The van der Waals surface area contributed by atoms with Crippen molar-refractivity contribution < 1.29 is 24.5 Å². The van der Waals surface area contributed by atoms with Crippen molar-refractivity contribution in [2.75, 3.05) is 13.2 Å². The highest BCUT2D eigenvalue weighted by molar-refractivity contribution is 5.76. The number of esters is 1. The van der Waals surface area contributed by atoms with E-state index in [0.717, 1.165) is 57.8 Å². The Balaban J connectivity index is 3.44. The van der Waals surface area contributed by atoms with Gasteiger partial charge in [0, 0.05) is 12.8 Å². The number of unbranched alkanes of at least 4 members (excludes halogenated alkanes) is 49. The number of rotatable bonds is 68. The van der Waals surface area contributed by atoms with Crippen LogP contribution < -0.4 is 5.32 Å². The summed E-state index contributed by atoms with van der Waals surface area (Å²) in [5.74, 6) is -0.0778. The first-order chi connectivity index (χ1) is 40.0. The molecule has 0 aliphatic rings. The molecule has 0 rings (SSSR count). The summed E-state index contributed by atoms with van der Waals surface area (Å²) in [5.41, 5.74) is 0. The van der Waals surface area contributed by atoms with Crippen molar-refractivity contribution in [1.82, 2.24) is 5.32 Å². The fourth-order valence-corrected chi connectivity index (χ4v) is 11.3. The van der Waals surface area contributed by atoms with E-state index in [9.17, 15) is 19.8 Å². The third-order valence-corrected chi connectivity index (χ3v) is 16.9. The molecule has 0 radical (unpaired) electrons. The molecule has 0 spiro atoms. The number of amides is 1. The molecule has 3 N–H and O–H groups in total. The Labute approximate surface area is 506 Å². The highest BCUT2D eigenvalue weighted by atomic mass is 16.5. The second-order valence-corrected chi connectivity index (χ2v) is 24.9. The predicted octanol–water partition coefficient (Wildman–Crippen LogP) is 23.6. The molecular weight excluding hydrogens is 995 g/mol. The molecule has 81 heavy (non-hydrogen) atoms. The van der Waals surface area contributed by atoms with Gasteiger partial charge in [-0.15, -0.1) is 0 Å². The lowest BCUT2D eigenvalue weighted by atomic mass is 10.0. The summed E-state index contributed by atoms with van der Waals surface area (Å²) in [6.07, 6.45) is 91.7. The molecular formula is C75H141NO5. The van der Waals surface area contributed by atoms with Gasteiger partial charge in [-0.3, -0.25) is 9.59 Å². The van der Waals surface area contributed by atoms with Crippen molar-refractivity contribution in [3.8, 4) is 0 Å². The van der Waals surface area contributed by atoms with Gasteiger partial charge >= 0.3 is 5.97 Å². The smallest absolute Gasteiger partial charge is 0.305 e. The minimum atomic E-state index is -0.671. The van der Waals surface area contributed by atoms with Crippen LogP contribution in [0.3, 0.4) is 0 Å². The van der Waals surface area contributed by atoms with Crippen LogP contribution in [0.5, 0.6) is 0 Å². The van der Waals surface area contributed by atoms with Crippen LogP contribution in [-0.4, -0.2) is 47.4 Å². The molecule has 0 saturated heterocycles. The van der Waals surface area contributed by atoms with Gasteiger partial charge in [-0.05, 0) is 77.0 Å². The maximum atomic E-state index is 12.6. The van der Waals surface area contributed by atoms with E-state index in [1.54, 1.807) is 0 Å². The van der Waals surface area contributed by atoms with E-state index in [4.69, 9.17) is 4.74 Å². The zero-order valence-corrected chi connectivity index (χ0v) is 54.5. The molecule has 0 heterocycles. The Morgan fingerprint density at radius 1 is 0.346 bits per heavy atom. The molecule has 2 unspecified atom stereocenters. The average molecular weight is 1140 g/mol. The minimum absolute atomic E-state index is 0.0359. The van der Waals surface area contributed by atoms with Crippen molar-refractivity contribution in [3.05, 3.63) is 48.6 Å².